The molecule has 1 amide bonds. The second-order valence-electron chi connectivity index (χ2n) is 7.91. The minimum atomic E-state index is -0.352. The van der Waals surface area contributed by atoms with Gasteiger partial charge in [0.2, 0.25) is 5.91 Å². The molecule has 3 atom stereocenters. The van der Waals surface area contributed by atoms with Crippen LogP contribution in [-0.4, -0.2) is 64.1 Å². The van der Waals surface area contributed by atoms with E-state index in [-0.39, 0.29) is 36.7 Å². The lowest BCUT2D eigenvalue weighted by molar-refractivity contribution is -0.134. The summed E-state index contributed by atoms with van der Waals surface area (Å²) in [6, 6.07) is -0.125. The van der Waals surface area contributed by atoms with Gasteiger partial charge in [0, 0.05) is 31.9 Å². The standard InChI is InChI=1S/C19H32N4O4/c1-13(2)17-11-23(22-21-17)8-5-15-3-4-16(18(12-24)27-15)20-19(25)14-6-9-26-10-7-14/h11,13-16,18,24H,3-10,12H2,1-2H3,(H,20,25)/t15-,16-,18+/m1/s1. The van der Waals surface area contributed by atoms with Gasteiger partial charge in [-0.25, -0.2) is 0 Å². The summed E-state index contributed by atoms with van der Waals surface area (Å²) in [5.74, 6) is 0.439. The molecule has 2 N–H and O–H groups in total. The monoisotopic (exact) mass is 380 g/mol. The first kappa shape index (κ1) is 20.2. The average molecular weight is 380 g/mol. The highest BCUT2D eigenvalue weighted by atomic mass is 16.5. The summed E-state index contributed by atoms with van der Waals surface area (Å²) in [5, 5.41) is 21.2. The summed E-state index contributed by atoms with van der Waals surface area (Å²) in [5.41, 5.74) is 0.990. The number of aliphatic hydroxyl groups excluding tert-OH is 1. The van der Waals surface area contributed by atoms with E-state index in [0.29, 0.717) is 19.1 Å². The lowest BCUT2D eigenvalue weighted by Crippen LogP contribution is -2.52. The van der Waals surface area contributed by atoms with Gasteiger partial charge in [-0.1, -0.05) is 19.1 Å². The summed E-state index contributed by atoms with van der Waals surface area (Å²) in [4.78, 5) is 12.5. The molecule has 2 saturated heterocycles. The SMILES string of the molecule is CC(C)c1cn(CC[C@H]2CC[C@@H](NC(=O)C3CCOCC3)[C@H](CO)O2)nn1. The summed E-state index contributed by atoms with van der Waals surface area (Å²) in [6.45, 7) is 6.13. The number of carbonyl (C=O) groups is 1. The van der Waals surface area contributed by atoms with E-state index in [1.807, 2.05) is 10.9 Å². The Labute approximate surface area is 160 Å². The lowest BCUT2D eigenvalue weighted by Gasteiger charge is -2.37. The number of nitrogens with zero attached hydrogens (tertiary/aromatic N) is 3. The van der Waals surface area contributed by atoms with Crippen LogP contribution >= 0.6 is 0 Å². The maximum atomic E-state index is 12.5. The summed E-state index contributed by atoms with van der Waals surface area (Å²) in [6.07, 6.45) is 5.72. The Morgan fingerprint density at radius 1 is 1.33 bits per heavy atom. The van der Waals surface area contributed by atoms with Crippen LogP contribution in [0.2, 0.25) is 0 Å². The Morgan fingerprint density at radius 2 is 2.11 bits per heavy atom. The van der Waals surface area contributed by atoms with Crippen LogP contribution in [0.3, 0.4) is 0 Å². The van der Waals surface area contributed by atoms with Gasteiger partial charge < -0.3 is 19.9 Å². The first-order valence-electron chi connectivity index (χ1n) is 10.1. The molecular weight excluding hydrogens is 348 g/mol. The van der Waals surface area contributed by atoms with Crippen molar-refractivity contribution in [3.05, 3.63) is 11.9 Å². The number of rotatable bonds is 7. The van der Waals surface area contributed by atoms with Gasteiger partial charge in [-0.15, -0.1) is 5.10 Å². The molecule has 2 fully saturated rings. The third kappa shape index (κ3) is 5.49. The third-order valence-corrected chi connectivity index (χ3v) is 5.54. The minimum absolute atomic E-state index is 0.0123. The normalized spacial score (nSPS) is 27.0. The molecule has 2 aliphatic heterocycles. The Balaban J connectivity index is 1.46. The quantitative estimate of drug-likeness (QED) is 0.739. The second kappa shape index (κ2) is 9.61. The van der Waals surface area contributed by atoms with E-state index in [1.54, 1.807) is 0 Å². The highest BCUT2D eigenvalue weighted by Gasteiger charge is 2.33. The zero-order valence-corrected chi connectivity index (χ0v) is 16.3. The molecule has 1 aromatic heterocycles. The molecule has 27 heavy (non-hydrogen) atoms. The largest absolute Gasteiger partial charge is 0.394 e. The number of carbonyl (C=O) groups excluding carboxylic acids is 1. The van der Waals surface area contributed by atoms with Crippen LogP contribution in [0.1, 0.15) is 57.6 Å². The van der Waals surface area contributed by atoms with Gasteiger partial charge in [0.05, 0.1) is 24.4 Å². The molecule has 0 unspecified atom stereocenters. The number of aromatic nitrogens is 3. The molecule has 0 radical (unpaired) electrons. The lowest BCUT2D eigenvalue weighted by atomic mass is 9.94. The van der Waals surface area contributed by atoms with Crippen molar-refractivity contribution >= 4 is 5.91 Å². The van der Waals surface area contributed by atoms with Crippen molar-refractivity contribution in [1.29, 1.82) is 0 Å². The Bertz CT molecular complexity index is 600. The number of hydrogen-bond acceptors (Lipinski definition) is 6. The molecule has 3 heterocycles. The van der Waals surface area contributed by atoms with E-state index in [0.717, 1.165) is 44.3 Å². The van der Waals surface area contributed by atoms with E-state index >= 15 is 0 Å². The molecule has 0 aromatic carbocycles. The highest BCUT2D eigenvalue weighted by molar-refractivity contribution is 5.79. The molecule has 3 rings (SSSR count). The maximum absolute atomic E-state index is 12.5. The van der Waals surface area contributed by atoms with Crippen LogP contribution in [0.5, 0.6) is 0 Å². The summed E-state index contributed by atoms with van der Waals surface area (Å²) < 4.78 is 13.2. The summed E-state index contributed by atoms with van der Waals surface area (Å²) in [7, 11) is 0. The van der Waals surface area contributed by atoms with Crippen molar-refractivity contribution in [2.75, 3.05) is 19.8 Å². The predicted molar refractivity (Wildman–Crippen MR) is 99.2 cm³/mol. The number of nitrogens with one attached hydrogen (secondary N) is 1. The number of aryl methyl sites for hydroxylation is 1. The zero-order valence-electron chi connectivity index (χ0n) is 16.3. The summed E-state index contributed by atoms with van der Waals surface area (Å²) >= 11 is 0. The molecule has 8 heteroatoms. The second-order valence-corrected chi connectivity index (χ2v) is 7.91. The number of ether oxygens (including phenoxy) is 2. The fourth-order valence-electron chi connectivity index (χ4n) is 3.73. The Morgan fingerprint density at radius 3 is 2.78 bits per heavy atom. The first-order chi connectivity index (χ1) is 13.1. The number of hydrogen-bond donors (Lipinski definition) is 2. The Hall–Kier alpha value is -1.51. The van der Waals surface area contributed by atoms with Crippen molar-refractivity contribution < 1.29 is 19.4 Å². The van der Waals surface area contributed by atoms with Crippen LogP contribution < -0.4 is 5.32 Å². The predicted octanol–water partition coefficient (Wildman–Crippen LogP) is 1.24. The molecule has 0 spiro atoms. The van der Waals surface area contributed by atoms with E-state index in [2.05, 4.69) is 29.5 Å². The Kier molecular flexibility index (Phi) is 7.20. The van der Waals surface area contributed by atoms with Gasteiger partial charge in [0.15, 0.2) is 0 Å². The molecule has 2 aliphatic rings. The minimum Gasteiger partial charge on any atom is -0.394 e. The van der Waals surface area contributed by atoms with E-state index in [4.69, 9.17) is 9.47 Å². The van der Waals surface area contributed by atoms with Gasteiger partial charge in [-0.3, -0.25) is 9.48 Å². The molecule has 1 aromatic rings. The van der Waals surface area contributed by atoms with Gasteiger partial charge in [-0.2, -0.15) is 0 Å². The topological polar surface area (TPSA) is 98.5 Å². The van der Waals surface area contributed by atoms with Gasteiger partial charge in [-0.05, 0) is 38.0 Å². The fraction of sp³-hybridized carbons (Fsp3) is 0.842. The highest BCUT2D eigenvalue weighted by Crippen LogP contribution is 2.24. The van der Waals surface area contributed by atoms with Gasteiger partial charge in [0.1, 0.15) is 6.10 Å². The van der Waals surface area contributed by atoms with E-state index in [1.165, 1.54) is 0 Å². The molecule has 0 bridgehead atoms. The smallest absolute Gasteiger partial charge is 0.223 e. The number of amides is 1. The molecular formula is C19H32N4O4. The fourth-order valence-corrected chi connectivity index (χ4v) is 3.73. The van der Waals surface area contributed by atoms with Gasteiger partial charge >= 0.3 is 0 Å². The van der Waals surface area contributed by atoms with Crippen LogP contribution in [-0.2, 0) is 20.8 Å². The van der Waals surface area contributed by atoms with Crippen LogP contribution in [0, 0.1) is 5.92 Å². The van der Waals surface area contributed by atoms with Crippen molar-refractivity contribution in [2.24, 2.45) is 5.92 Å². The van der Waals surface area contributed by atoms with Crippen molar-refractivity contribution in [3.63, 3.8) is 0 Å². The molecule has 152 valence electrons. The maximum Gasteiger partial charge on any atom is 0.223 e. The number of aliphatic hydroxyl groups is 1. The van der Waals surface area contributed by atoms with E-state index < -0.39 is 0 Å². The molecule has 8 nitrogen and oxygen atoms in total. The van der Waals surface area contributed by atoms with Crippen LogP contribution in [0.4, 0.5) is 0 Å². The first-order valence-corrected chi connectivity index (χ1v) is 10.1. The third-order valence-electron chi connectivity index (χ3n) is 5.54. The van der Waals surface area contributed by atoms with Crippen molar-refractivity contribution in [1.82, 2.24) is 20.3 Å². The van der Waals surface area contributed by atoms with Crippen LogP contribution in [0.15, 0.2) is 6.20 Å². The zero-order chi connectivity index (χ0) is 19.2. The van der Waals surface area contributed by atoms with E-state index in [9.17, 15) is 9.90 Å². The van der Waals surface area contributed by atoms with Gasteiger partial charge in [0.25, 0.3) is 0 Å². The van der Waals surface area contributed by atoms with Crippen molar-refractivity contribution in [2.45, 2.75) is 76.7 Å². The molecule has 0 saturated carbocycles. The van der Waals surface area contributed by atoms with Crippen molar-refractivity contribution in [3.8, 4) is 0 Å². The van der Waals surface area contributed by atoms with Crippen LogP contribution in [0.25, 0.3) is 0 Å². The average Bonchev–Trinajstić information content (AvgIpc) is 3.17. The molecule has 0 aliphatic carbocycles.